The summed E-state index contributed by atoms with van der Waals surface area (Å²) in [5.41, 5.74) is -0.202. The van der Waals surface area contributed by atoms with Gasteiger partial charge in [0.1, 0.15) is 0 Å². The van der Waals surface area contributed by atoms with Crippen molar-refractivity contribution in [1.82, 2.24) is 0 Å². The lowest BCUT2D eigenvalue weighted by Gasteiger charge is -2.06. The fourth-order valence-electron chi connectivity index (χ4n) is 1.06. The van der Waals surface area contributed by atoms with Crippen LogP contribution in [0, 0.1) is 0 Å². The first-order chi connectivity index (χ1) is 8.12. The Hall–Kier alpha value is -0.780. The van der Waals surface area contributed by atoms with Crippen LogP contribution in [0.5, 0.6) is 0 Å². The molecule has 0 amide bonds. The van der Waals surface area contributed by atoms with E-state index in [1.54, 1.807) is 0 Å². The third kappa shape index (κ3) is 3.60. The normalized spacial score (nSPS) is 11.4. The molecule has 18 heavy (non-hydrogen) atoms. The number of benzene rings is 1. The average molecular weight is 319 g/mol. The Morgan fingerprint density at radius 2 is 1.50 bits per heavy atom. The number of Topliss-reactive ketones (excluding diaryl/α,β-unsaturated/α-hetero) is 2. The van der Waals surface area contributed by atoms with Crippen LogP contribution in [0.2, 0.25) is 15.1 Å². The summed E-state index contributed by atoms with van der Waals surface area (Å²) in [5, 5.41) is -0.170. The Bertz CT molecular complexity index is 489. The van der Waals surface area contributed by atoms with Crippen molar-refractivity contribution in [2.45, 2.75) is 12.6 Å². The Balaban J connectivity index is 2.96. The molecule has 0 bridgehead atoms. The summed E-state index contributed by atoms with van der Waals surface area (Å²) in [6, 6.07) is 2.11. The molecular weight excluding hydrogens is 315 g/mol. The lowest BCUT2D eigenvalue weighted by Crippen LogP contribution is -2.25. The van der Waals surface area contributed by atoms with Gasteiger partial charge in [-0.2, -0.15) is 13.2 Å². The highest BCUT2D eigenvalue weighted by Gasteiger charge is 2.39. The highest BCUT2D eigenvalue weighted by Crippen LogP contribution is 2.31. The van der Waals surface area contributed by atoms with Gasteiger partial charge < -0.3 is 0 Å². The van der Waals surface area contributed by atoms with Crippen molar-refractivity contribution >= 4 is 46.4 Å². The first-order valence-electron chi connectivity index (χ1n) is 4.40. The van der Waals surface area contributed by atoms with Crippen LogP contribution >= 0.6 is 34.8 Å². The van der Waals surface area contributed by atoms with E-state index in [4.69, 9.17) is 34.8 Å². The zero-order chi connectivity index (χ0) is 14.1. The van der Waals surface area contributed by atoms with Crippen molar-refractivity contribution in [3.63, 3.8) is 0 Å². The van der Waals surface area contributed by atoms with E-state index in [9.17, 15) is 22.8 Å². The first kappa shape index (κ1) is 15.3. The molecule has 0 fully saturated rings. The van der Waals surface area contributed by atoms with Crippen LogP contribution in [0.25, 0.3) is 0 Å². The second kappa shape index (κ2) is 5.47. The van der Waals surface area contributed by atoms with Gasteiger partial charge in [0.15, 0.2) is 5.78 Å². The number of halogens is 6. The molecular formula is C10H4Cl3F3O2. The van der Waals surface area contributed by atoms with Gasteiger partial charge in [0.2, 0.25) is 5.78 Å². The molecule has 0 atom stereocenters. The fourth-order valence-corrected chi connectivity index (χ4v) is 1.66. The number of rotatable bonds is 3. The molecule has 0 aliphatic heterocycles. The van der Waals surface area contributed by atoms with Crippen LogP contribution in [0.3, 0.4) is 0 Å². The van der Waals surface area contributed by atoms with Crippen LogP contribution in [0.15, 0.2) is 12.1 Å². The number of carbonyl (C=O) groups is 2. The lowest BCUT2D eigenvalue weighted by molar-refractivity contribution is -0.170. The summed E-state index contributed by atoms with van der Waals surface area (Å²) in [6.45, 7) is 0. The summed E-state index contributed by atoms with van der Waals surface area (Å²) >= 11 is 16.8. The fraction of sp³-hybridized carbons (Fsp3) is 0.200. The predicted octanol–water partition coefficient (Wildman–Crippen LogP) is 4.35. The summed E-state index contributed by atoms with van der Waals surface area (Å²) in [6.07, 6.45) is -6.34. The third-order valence-corrected chi connectivity index (χ3v) is 3.14. The summed E-state index contributed by atoms with van der Waals surface area (Å²) in [7, 11) is 0. The van der Waals surface area contributed by atoms with Gasteiger partial charge >= 0.3 is 6.18 Å². The Morgan fingerprint density at radius 1 is 1.06 bits per heavy atom. The van der Waals surface area contributed by atoms with Gasteiger partial charge in [0.25, 0.3) is 0 Å². The van der Waals surface area contributed by atoms with Gasteiger partial charge in [-0.1, -0.05) is 34.8 Å². The van der Waals surface area contributed by atoms with Crippen LogP contribution in [-0.4, -0.2) is 17.7 Å². The third-order valence-electron chi connectivity index (χ3n) is 1.94. The highest BCUT2D eigenvalue weighted by atomic mass is 35.5. The van der Waals surface area contributed by atoms with Crippen LogP contribution in [0.4, 0.5) is 13.2 Å². The molecule has 0 aliphatic rings. The Labute approximate surface area is 115 Å². The maximum Gasteiger partial charge on any atom is 0.450 e. The van der Waals surface area contributed by atoms with Crippen molar-refractivity contribution in [1.29, 1.82) is 0 Å². The molecule has 0 saturated heterocycles. The number of alkyl halides is 3. The molecule has 1 aromatic carbocycles. The topological polar surface area (TPSA) is 34.1 Å². The molecule has 0 aromatic heterocycles. The van der Waals surface area contributed by atoms with Crippen molar-refractivity contribution in [3.05, 3.63) is 32.8 Å². The van der Waals surface area contributed by atoms with E-state index in [1.807, 2.05) is 0 Å². The molecule has 0 saturated carbocycles. The second-order valence-electron chi connectivity index (χ2n) is 3.27. The van der Waals surface area contributed by atoms with Gasteiger partial charge in [-0.15, -0.1) is 0 Å². The lowest BCUT2D eigenvalue weighted by atomic mass is 10.1. The van der Waals surface area contributed by atoms with Crippen LogP contribution < -0.4 is 0 Å². The Morgan fingerprint density at radius 3 is 1.89 bits per heavy atom. The molecule has 1 aromatic rings. The van der Waals surface area contributed by atoms with E-state index in [1.165, 1.54) is 0 Å². The number of hydrogen-bond acceptors (Lipinski definition) is 2. The SMILES string of the molecule is O=C(CC(=O)C(F)(F)F)c1cc(Cl)c(Cl)c(Cl)c1. The molecule has 1 rings (SSSR count). The van der Waals surface area contributed by atoms with E-state index >= 15 is 0 Å². The van der Waals surface area contributed by atoms with Gasteiger partial charge in [-0.25, -0.2) is 0 Å². The molecule has 0 heterocycles. The van der Waals surface area contributed by atoms with Crippen molar-refractivity contribution in [2.75, 3.05) is 0 Å². The van der Waals surface area contributed by atoms with Crippen LogP contribution in [-0.2, 0) is 4.79 Å². The van der Waals surface area contributed by atoms with E-state index in [2.05, 4.69) is 0 Å². The van der Waals surface area contributed by atoms with Crippen molar-refractivity contribution in [3.8, 4) is 0 Å². The van der Waals surface area contributed by atoms with E-state index in [0.717, 1.165) is 12.1 Å². The summed E-state index contributed by atoms with van der Waals surface area (Å²) in [5.74, 6) is -3.16. The maximum atomic E-state index is 12.0. The molecule has 0 aliphatic carbocycles. The van der Waals surface area contributed by atoms with Gasteiger partial charge in [0, 0.05) is 5.56 Å². The smallest absolute Gasteiger partial charge is 0.294 e. The number of ketones is 2. The summed E-state index contributed by atoms with van der Waals surface area (Å²) < 4.78 is 35.9. The highest BCUT2D eigenvalue weighted by molar-refractivity contribution is 6.48. The van der Waals surface area contributed by atoms with E-state index in [0.29, 0.717) is 0 Å². The molecule has 2 nitrogen and oxygen atoms in total. The van der Waals surface area contributed by atoms with Crippen molar-refractivity contribution < 1.29 is 22.8 Å². The molecule has 98 valence electrons. The minimum absolute atomic E-state index is 0.0166. The second-order valence-corrected chi connectivity index (χ2v) is 4.47. The number of carbonyl (C=O) groups excluding carboxylic acids is 2. The molecule has 0 spiro atoms. The monoisotopic (exact) mass is 318 g/mol. The molecule has 0 radical (unpaired) electrons. The van der Waals surface area contributed by atoms with Crippen LogP contribution in [0.1, 0.15) is 16.8 Å². The Kier molecular flexibility index (Phi) is 4.64. The summed E-state index contributed by atoms with van der Waals surface area (Å²) in [4.78, 5) is 22.1. The molecule has 0 N–H and O–H groups in total. The van der Waals surface area contributed by atoms with Gasteiger partial charge in [-0.05, 0) is 12.1 Å². The molecule has 0 unspecified atom stereocenters. The van der Waals surface area contributed by atoms with E-state index < -0.39 is 24.2 Å². The first-order valence-corrected chi connectivity index (χ1v) is 5.54. The minimum Gasteiger partial charge on any atom is -0.294 e. The standard InChI is InChI=1S/C10H4Cl3F3O2/c11-5-1-4(2-6(12)9(5)13)7(17)3-8(18)10(14,15)16/h1-2H,3H2. The maximum absolute atomic E-state index is 12.0. The largest absolute Gasteiger partial charge is 0.450 e. The van der Waals surface area contributed by atoms with E-state index in [-0.39, 0.29) is 20.6 Å². The number of hydrogen-bond donors (Lipinski definition) is 0. The van der Waals surface area contributed by atoms with Gasteiger partial charge in [-0.3, -0.25) is 9.59 Å². The minimum atomic E-state index is -5.05. The van der Waals surface area contributed by atoms with Gasteiger partial charge in [0.05, 0.1) is 21.5 Å². The molecule has 8 heteroatoms. The average Bonchev–Trinajstić information content (AvgIpc) is 2.23. The predicted molar refractivity (Wildman–Crippen MR) is 61.5 cm³/mol. The quantitative estimate of drug-likeness (QED) is 0.471. The zero-order valence-electron chi connectivity index (χ0n) is 8.45. The van der Waals surface area contributed by atoms with Crippen molar-refractivity contribution in [2.24, 2.45) is 0 Å². The zero-order valence-corrected chi connectivity index (χ0v) is 10.7.